The summed E-state index contributed by atoms with van der Waals surface area (Å²) in [5.41, 5.74) is 1.71. The molecule has 0 fully saturated rings. The number of sulfonamides is 1. The molecule has 21 heavy (non-hydrogen) atoms. The smallest absolute Gasteiger partial charge is 0.242 e. The molecule has 0 aromatic carbocycles. The van der Waals surface area contributed by atoms with E-state index in [-0.39, 0.29) is 11.4 Å². The Balaban J connectivity index is 1.99. The highest BCUT2D eigenvalue weighted by Gasteiger charge is 2.15. The first-order valence-electron chi connectivity index (χ1n) is 6.76. The number of aromatic amines is 1. The number of rotatable bonds is 7. The third kappa shape index (κ3) is 4.66. The summed E-state index contributed by atoms with van der Waals surface area (Å²) in [6, 6.07) is 5.54. The normalized spacial score (nSPS) is 12.0. The Morgan fingerprint density at radius 1 is 1.24 bits per heavy atom. The van der Waals surface area contributed by atoms with Crippen LogP contribution in [0.5, 0.6) is 0 Å². The minimum Gasteiger partial charge on any atom is -0.363 e. The fraction of sp³-hybridized carbons (Fsp3) is 0.357. The van der Waals surface area contributed by atoms with Gasteiger partial charge in [0, 0.05) is 43.4 Å². The van der Waals surface area contributed by atoms with E-state index in [1.165, 1.54) is 6.20 Å². The first-order valence-corrected chi connectivity index (χ1v) is 8.25. The molecular weight excluding hydrogens is 288 g/mol. The van der Waals surface area contributed by atoms with Crippen LogP contribution in [0.3, 0.4) is 0 Å². The lowest BCUT2D eigenvalue weighted by Crippen LogP contribution is -2.23. The zero-order valence-corrected chi connectivity index (χ0v) is 12.9. The first-order chi connectivity index (χ1) is 9.97. The van der Waals surface area contributed by atoms with Crippen LogP contribution in [0.2, 0.25) is 0 Å². The molecule has 6 nitrogen and oxygen atoms in total. The Labute approximate surface area is 125 Å². The SMILES string of the molecule is CC(C)NCc1cc(S(=O)(=O)NCc2ccncc2)c[nH]1. The van der Waals surface area contributed by atoms with E-state index in [2.05, 4.69) is 20.0 Å². The predicted molar refractivity (Wildman–Crippen MR) is 81.0 cm³/mol. The largest absolute Gasteiger partial charge is 0.363 e. The monoisotopic (exact) mass is 308 g/mol. The molecule has 0 aliphatic heterocycles. The van der Waals surface area contributed by atoms with Gasteiger partial charge in [0.05, 0.1) is 4.90 Å². The number of pyridine rings is 1. The number of aromatic nitrogens is 2. The maximum atomic E-state index is 12.2. The van der Waals surface area contributed by atoms with Crippen LogP contribution in [-0.2, 0) is 23.1 Å². The van der Waals surface area contributed by atoms with Gasteiger partial charge in [-0.15, -0.1) is 0 Å². The van der Waals surface area contributed by atoms with Crippen LogP contribution in [0.1, 0.15) is 25.1 Å². The van der Waals surface area contributed by atoms with Crippen molar-refractivity contribution in [2.24, 2.45) is 0 Å². The van der Waals surface area contributed by atoms with Crippen LogP contribution in [-0.4, -0.2) is 24.4 Å². The van der Waals surface area contributed by atoms with Crippen LogP contribution < -0.4 is 10.0 Å². The number of nitrogens with one attached hydrogen (secondary N) is 3. The van der Waals surface area contributed by atoms with Crippen molar-refractivity contribution < 1.29 is 8.42 Å². The second kappa shape index (κ2) is 6.84. The highest BCUT2D eigenvalue weighted by atomic mass is 32.2. The van der Waals surface area contributed by atoms with Crippen molar-refractivity contribution in [3.05, 3.63) is 48.0 Å². The summed E-state index contributed by atoms with van der Waals surface area (Å²) in [7, 11) is -3.51. The summed E-state index contributed by atoms with van der Waals surface area (Å²) < 4.78 is 27.0. The minimum atomic E-state index is -3.51. The Bertz CT molecular complexity index is 665. The van der Waals surface area contributed by atoms with Crippen molar-refractivity contribution in [2.75, 3.05) is 0 Å². The van der Waals surface area contributed by atoms with E-state index in [9.17, 15) is 8.42 Å². The summed E-state index contributed by atoms with van der Waals surface area (Å²) in [6.07, 6.45) is 4.78. The number of nitrogens with zero attached hydrogens (tertiary/aromatic N) is 1. The van der Waals surface area contributed by atoms with Crippen molar-refractivity contribution in [2.45, 2.75) is 37.9 Å². The van der Waals surface area contributed by atoms with Gasteiger partial charge in [-0.25, -0.2) is 13.1 Å². The second-order valence-corrected chi connectivity index (χ2v) is 6.84. The zero-order chi connectivity index (χ0) is 15.3. The molecule has 0 aliphatic carbocycles. The standard InChI is InChI=1S/C14H20N4O2S/c1-11(2)16-9-13-7-14(10-17-13)21(19,20)18-8-12-3-5-15-6-4-12/h3-7,10-11,16-18H,8-9H2,1-2H3. The van der Waals surface area contributed by atoms with E-state index in [0.717, 1.165) is 11.3 Å². The highest BCUT2D eigenvalue weighted by molar-refractivity contribution is 7.89. The molecule has 0 aliphatic rings. The molecule has 0 saturated carbocycles. The first kappa shape index (κ1) is 15.7. The Morgan fingerprint density at radius 2 is 1.95 bits per heavy atom. The highest BCUT2D eigenvalue weighted by Crippen LogP contribution is 2.11. The van der Waals surface area contributed by atoms with Crippen LogP contribution in [0.25, 0.3) is 0 Å². The maximum absolute atomic E-state index is 12.2. The van der Waals surface area contributed by atoms with Gasteiger partial charge in [0.25, 0.3) is 0 Å². The molecule has 7 heteroatoms. The molecule has 2 aromatic rings. The Morgan fingerprint density at radius 3 is 2.62 bits per heavy atom. The Kier molecular flexibility index (Phi) is 5.11. The van der Waals surface area contributed by atoms with E-state index in [0.29, 0.717) is 12.6 Å². The zero-order valence-electron chi connectivity index (χ0n) is 12.1. The van der Waals surface area contributed by atoms with E-state index < -0.39 is 10.0 Å². The lowest BCUT2D eigenvalue weighted by atomic mass is 10.3. The molecule has 3 N–H and O–H groups in total. The van der Waals surface area contributed by atoms with Crippen LogP contribution in [0, 0.1) is 0 Å². The topological polar surface area (TPSA) is 86.9 Å². The van der Waals surface area contributed by atoms with E-state index in [1.54, 1.807) is 30.6 Å². The quantitative estimate of drug-likeness (QED) is 0.721. The summed E-state index contributed by atoms with van der Waals surface area (Å²) >= 11 is 0. The van der Waals surface area contributed by atoms with Gasteiger partial charge >= 0.3 is 0 Å². The molecule has 0 amide bonds. The van der Waals surface area contributed by atoms with Gasteiger partial charge in [0.1, 0.15) is 0 Å². The average Bonchev–Trinajstić information content (AvgIpc) is 2.94. The summed E-state index contributed by atoms with van der Waals surface area (Å²) in [6.45, 7) is 4.93. The van der Waals surface area contributed by atoms with Gasteiger partial charge < -0.3 is 10.3 Å². The van der Waals surface area contributed by atoms with Crippen molar-refractivity contribution >= 4 is 10.0 Å². The fourth-order valence-corrected chi connectivity index (χ4v) is 2.79. The third-order valence-corrected chi connectivity index (χ3v) is 4.32. The van der Waals surface area contributed by atoms with Gasteiger partial charge in [-0.2, -0.15) is 0 Å². The molecule has 114 valence electrons. The molecule has 0 saturated heterocycles. The maximum Gasteiger partial charge on any atom is 0.242 e. The lowest BCUT2D eigenvalue weighted by molar-refractivity contribution is 0.580. The number of H-pyrrole nitrogens is 1. The van der Waals surface area contributed by atoms with E-state index >= 15 is 0 Å². The molecular formula is C14H20N4O2S. The van der Waals surface area contributed by atoms with Gasteiger partial charge in [-0.1, -0.05) is 13.8 Å². The molecule has 2 aromatic heterocycles. The predicted octanol–water partition coefficient (Wildman–Crippen LogP) is 1.39. The van der Waals surface area contributed by atoms with Crippen molar-refractivity contribution in [1.82, 2.24) is 20.0 Å². The fourth-order valence-electron chi connectivity index (χ4n) is 1.75. The van der Waals surface area contributed by atoms with E-state index in [4.69, 9.17) is 0 Å². The third-order valence-electron chi connectivity index (χ3n) is 2.94. The van der Waals surface area contributed by atoms with Crippen LogP contribution >= 0.6 is 0 Å². The number of hydrogen-bond acceptors (Lipinski definition) is 4. The molecule has 0 bridgehead atoms. The minimum absolute atomic E-state index is 0.246. The van der Waals surface area contributed by atoms with Gasteiger partial charge in [-0.3, -0.25) is 4.98 Å². The van der Waals surface area contributed by atoms with Crippen LogP contribution in [0.4, 0.5) is 0 Å². The van der Waals surface area contributed by atoms with Crippen molar-refractivity contribution in [1.29, 1.82) is 0 Å². The van der Waals surface area contributed by atoms with Crippen molar-refractivity contribution in [3.8, 4) is 0 Å². The molecule has 0 atom stereocenters. The molecule has 2 heterocycles. The lowest BCUT2D eigenvalue weighted by Gasteiger charge is -2.06. The molecule has 0 radical (unpaired) electrons. The van der Waals surface area contributed by atoms with Crippen LogP contribution in [0.15, 0.2) is 41.7 Å². The summed E-state index contributed by atoms with van der Waals surface area (Å²) in [4.78, 5) is 7.12. The van der Waals surface area contributed by atoms with Gasteiger partial charge in [-0.05, 0) is 23.8 Å². The summed E-state index contributed by atoms with van der Waals surface area (Å²) in [5, 5.41) is 3.23. The van der Waals surface area contributed by atoms with Gasteiger partial charge in [0.15, 0.2) is 0 Å². The second-order valence-electron chi connectivity index (χ2n) is 5.08. The number of hydrogen-bond donors (Lipinski definition) is 3. The Hall–Kier alpha value is -1.70. The van der Waals surface area contributed by atoms with E-state index in [1.807, 2.05) is 13.8 Å². The van der Waals surface area contributed by atoms with Gasteiger partial charge in [0.2, 0.25) is 10.0 Å². The van der Waals surface area contributed by atoms with Crippen molar-refractivity contribution in [3.63, 3.8) is 0 Å². The molecule has 0 spiro atoms. The summed E-state index contributed by atoms with van der Waals surface area (Å²) in [5.74, 6) is 0. The molecule has 0 unspecified atom stereocenters. The average molecular weight is 308 g/mol. The molecule has 2 rings (SSSR count).